The van der Waals surface area contributed by atoms with Gasteiger partial charge in [0.2, 0.25) is 0 Å². The molecular formula is CH2N4Tb+3. The number of aromatic nitrogens is 4. The average molecular weight is 229 g/mol. The van der Waals surface area contributed by atoms with Gasteiger partial charge in [0.25, 0.3) is 0 Å². The van der Waals surface area contributed by atoms with E-state index in [4.69, 9.17) is 0 Å². The van der Waals surface area contributed by atoms with Crippen LogP contribution in [0.3, 0.4) is 0 Å². The third-order valence-electron chi connectivity index (χ3n) is 0.270. The molecule has 0 atom stereocenters. The molecule has 1 rings (SSSR count). The molecule has 0 spiro atoms. The molecule has 0 aromatic carbocycles. The van der Waals surface area contributed by atoms with E-state index in [-0.39, 0.29) is 38.6 Å². The smallest absolute Gasteiger partial charge is 0.177 e. The minimum absolute atomic E-state index is 0. The predicted octanol–water partition coefficient (Wildman–Crippen LogP) is -0.800. The summed E-state index contributed by atoms with van der Waals surface area (Å²) in [6.07, 6.45) is 1.33. The van der Waals surface area contributed by atoms with Gasteiger partial charge in [-0.15, -0.1) is 10.2 Å². The standard InChI is InChI=1S/CH2N4.Tb/c1-2-4-5-3-1;/h1H,(H,2,3,4,5);/q;+3. The van der Waals surface area contributed by atoms with Crippen LogP contribution in [0.5, 0.6) is 0 Å². The predicted molar refractivity (Wildman–Crippen MR) is 14.2 cm³/mol. The minimum atomic E-state index is 0. The number of hydrogen-bond acceptors (Lipinski definition) is 3. The normalized spacial score (nSPS) is 6.67. The Labute approximate surface area is 65.1 Å². The molecule has 1 N–H and O–H groups in total. The van der Waals surface area contributed by atoms with Crippen LogP contribution in [0, 0.1) is 38.6 Å². The Kier molecular flexibility index (Phi) is 3.75. The van der Waals surface area contributed by atoms with Crippen LogP contribution in [0.1, 0.15) is 0 Å². The minimum Gasteiger partial charge on any atom is -0.177 e. The summed E-state index contributed by atoms with van der Waals surface area (Å²) in [5, 5.41) is 12.2. The van der Waals surface area contributed by atoms with Gasteiger partial charge in [0.1, 0.15) is 0 Å². The molecule has 0 saturated carbocycles. The summed E-state index contributed by atoms with van der Waals surface area (Å²) >= 11 is 0. The van der Waals surface area contributed by atoms with Gasteiger partial charge in [-0.05, 0) is 0 Å². The van der Waals surface area contributed by atoms with Gasteiger partial charge in [-0.3, -0.25) is 0 Å². The van der Waals surface area contributed by atoms with Crippen molar-refractivity contribution in [1.29, 1.82) is 0 Å². The quantitative estimate of drug-likeness (QED) is 0.633. The second-order valence-corrected chi connectivity index (χ2v) is 0.560. The molecule has 0 unspecified atom stereocenters. The maximum absolute atomic E-state index is 3.38. The topological polar surface area (TPSA) is 54.5 Å². The van der Waals surface area contributed by atoms with Gasteiger partial charge in [-0.25, -0.2) is 0 Å². The second kappa shape index (κ2) is 3.54. The molecule has 0 amide bonds. The Morgan fingerprint density at radius 2 is 2.33 bits per heavy atom. The number of rotatable bonds is 0. The van der Waals surface area contributed by atoms with E-state index in [2.05, 4.69) is 20.6 Å². The summed E-state index contributed by atoms with van der Waals surface area (Å²) in [4.78, 5) is 0. The van der Waals surface area contributed by atoms with Crippen LogP contribution in [0.15, 0.2) is 6.33 Å². The van der Waals surface area contributed by atoms with Crippen molar-refractivity contribution >= 4 is 0 Å². The molecule has 1 aromatic heterocycles. The van der Waals surface area contributed by atoms with Crippen LogP contribution < -0.4 is 0 Å². The summed E-state index contributed by atoms with van der Waals surface area (Å²) in [6.45, 7) is 0. The summed E-state index contributed by atoms with van der Waals surface area (Å²) < 4.78 is 0. The number of nitrogens with zero attached hydrogens (tertiary/aromatic N) is 3. The molecule has 32 valence electrons. The molecule has 0 aliphatic carbocycles. The van der Waals surface area contributed by atoms with Crippen LogP contribution >= 0.6 is 0 Å². The van der Waals surface area contributed by atoms with E-state index in [0.29, 0.717) is 0 Å². The van der Waals surface area contributed by atoms with Crippen LogP contribution in [0.2, 0.25) is 0 Å². The maximum Gasteiger partial charge on any atom is 3.00 e. The first-order valence-electron chi connectivity index (χ1n) is 1.16. The Morgan fingerprint density at radius 1 is 1.50 bits per heavy atom. The zero-order valence-electron chi connectivity index (χ0n) is 2.75. The fourth-order valence-electron chi connectivity index (χ4n) is 0.129. The molecule has 1 aromatic rings. The molecule has 0 aliphatic heterocycles. The van der Waals surface area contributed by atoms with Crippen LogP contribution in [-0.2, 0) is 0 Å². The van der Waals surface area contributed by atoms with Gasteiger partial charge >= 0.3 is 38.6 Å². The zero-order valence-corrected chi connectivity index (χ0v) is 4.89. The SMILES string of the molecule is [Tb+3].c1nn[nH]n1. The van der Waals surface area contributed by atoms with Gasteiger partial charge in [0.15, 0.2) is 6.33 Å². The van der Waals surface area contributed by atoms with E-state index in [1.807, 2.05) is 0 Å². The van der Waals surface area contributed by atoms with E-state index in [0.717, 1.165) is 0 Å². The van der Waals surface area contributed by atoms with E-state index < -0.39 is 0 Å². The first-order chi connectivity index (χ1) is 2.50. The van der Waals surface area contributed by atoms with Gasteiger partial charge in [-0.1, -0.05) is 5.21 Å². The molecule has 0 radical (unpaired) electrons. The molecule has 6 heavy (non-hydrogen) atoms. The summed E-state index contributed by atoms with van der Waals surface area (Å²) in [7, 11) is 0. The van der Waals surface area contributed by atoms with Crippen molar-refractivity contribution in [2.75, 3.05) is 0 Å². The molecule has 1 heterocycles. The molecule has 5 heteroatoms. The maximum atomic E-state index is 3.38. The Hall–Kier alpha value is 0.356. The summed E-state index contributed by atoms with van der Waals surface area (Å²) in [5.74, 6) is 0. The summed E-state index contributed by atoms with van der Waals surface area (Å²) in [5.41, 5.74) is 0. The van der Waals surface area contributed by atoms with Crippen LogP contribution in [0.25, 0.3) is 0 Å². The van der Waals surface area contributed by atoms with E-state index >= 15 is 0 Å². The number of hydrogen-bond donors (Lipinski definition) is 1. The van der Waals surface area contributed by atoms with Crippen molar-refractivity contribution in [3.05, 3.63) is 6.33 Å². The van der Waals surface area contributed by atoms with E-state index in [1.54, 1.807) is 0 Å². The van der Waals surface area contributed by atoms with E-state index in [9.17, 15) is 0 Å². The zero-order chi connectivity index (χ0) is 3.54. The third-order valence-corrected chi connectivity index (χ3v) is 0.270. The van der Waals surface area contributed by atoms with Gasteiger partial charge < -0.3 is 0 Å². The third kappa shape index (κ3) is 1.71. The largest absolute Gasteiger partial charge is 3.00 e. The summed E-state index contributed by atoms with van der Waals surface area (Å²) in [6, 6.07) is 0. The number of nitrogens with one attached hydrogen (secondary N) is 1. The van der Waals surface area contributed by atoms with Gasteiger partial charge in [0.05, 0.1) is 0 Å². The first kappa shape index (κ1) is 6.36. The molecule has 4 nitrogen and oxygen atoms in total. The fourth-order valence-corrected chi connectivity index (χ4v) is 0.129. The van der Waals surface area contributed by atoms with Crippen molar-refractivity contribution < 1.29 is 38.6 Å². The van der Waals surface area contributed by atoms with E-state index in [1.165, 1.54) is 6.33 Å². The first-order valence-corrected chi connectivity index (χ1v) is 1.16. The van der Waals surface area contributed by atoms with Crippen molar-refractivity contribution in [2.45, 2.75) is 0 Å². The fraction of sp³-hybridized carbons (Fsp3) is 0. The van der Waals surface area contributed by atoms with Crippen LogP contribution in [0.4, 0.5) is 0 Å². The van der Waals surface area contributed by atoms with Gasteiger partial charge in [0, 0.05) is 0 Å². The molecule has 0 aliphatic rings. The average Bonchev–Trinajstić information content (AvgIpc) is 1.76. The monoisotopic (exact) mass is 229 g/mol. The number of aromatic amines is 1. The molecule has 0 fully saturated rings. The molecular weight excluding hydrogens is 227 g/mol. The van der Waals surface area contributed by atoms with Crippen LogP contribution in [-0.4, -0.2) is 20.6 Å². The number of tetrazole rings is 1. The second-order valence-electron chi connectivity index (χ2n) is 0.560. The molecule has 0 bridgehead atoms. The van der Waals surface area contributed by atoms with Crippen molar-refractivity contribution in [3.63, 3.8) is 0 Å². The molecule has 0 saturated heterocycles. The Bertz CT molecular complexity index is 64.0. The van der Waals surface area contributed by atoms with Crippen molar-refractivity contribution in [1.82, 2.24) is 20.6 Å². The van der Waals surface area contributed by atoms with Crippen molar-refractivity contribution in [2.24, 2.45) is 0 Å². The Balaban J connectivity index is 0.000000250. The van der Waals surface area contributed by atoms with Crippen molar-refractivity contribution in [3.8, 4) is 0 Å². The van der Waals surface area contributed by atoms with Gasteiger partial charge in [-0.2, -0.15) is 5.21 Å². The number of H-pyrrole nitrogens is 1. The Morgan fingerprint density at radius 3 is 2.50 bits per heavy atom.